The summed E-state index contributed by atoms with van der Waals surface area (Å²) in [6.45, 7) is 2.89. The number of carbonyl (C=O) groups is 1. The lowest BCUT2D eigenvalue weighted by Crippen LogP contribution is -2.29. The van der Waals surface area contributed by atoms with E-state index in [0.29, 0.717) is 13.0 Å². The van der Waals surface area contributed by atoms with E-state index in [2.05, 4.69) is 34.5 Å². The summed E-state index contributed by atoms with van der Waals surface area (Å²) in [5, 5.41) is 12.4. The Bertz CT molecular complexity index is 466. The molecule has 4 nitrogen and oxygen atoms in total. The van der Waals surface area contributed by atoms with Crippen molar-refractivity contribution >= 4 is 11.7 Å². The molecule has 2 fully saturated rings. The van der Waals surface area contributed by atoms with Crippen LogP contribution in [-0.4, -0.2) is 30.7 Å². The molecule has 0 saturated carbocycles. The van der Waals surface area contributed by atoms with Gasteiger partial charge in [0, 0.05) is 31.4 Å². The molecule has 108 valence electrons. The smallest absolute Gasteiger partial charge is 0.307 e. The molecule has 2 N–H and O–H groups in total. The molecule has 20 heavy (non-hydrogen) atoms. The van der Waals surface area contributed by atoms with Crippen LogP contribution in [0.2, 0.25) is 0 Å². The highest BCUT2D eigenvalue weighted by atomic mass is 16.4. The third kappa shape index (κ3) is 2.80. The molecule has 0 aliphatic carbocycles. The van der Waals surface area contributed by atoms with Crippen LogP contribution in [0.3, 0.4) is 0 Å². The van der Waals surface area contributed by atoms with E-state index < -0.39 is 5.97 Å². The van der Waals surface area contributed by atoms with Crippen LogP contribution >= 0.6 is 0 Å². The Hall–Kier alpha value is -1.55. The lowest BCUT2D eigenvalue weighted by molar-refractivity contribution is -0.141. The molecule has 2 aliphatic heterocycles. The maximum atomic E-state index is 11.0. The van der Waals surface area contributed by atoms with Crippen molar-refractivity contribution in [3.63, 3.8) is 0 Å². The van der Waals surface area contributed by atoms with Gasteiger partial charge in [-0.1, -0.05) is 12.1 Å². The fourth-order valence-corrected chi connectivity index (χ4v) is 3.25. The Labute approximate surface area is 119 Å². The average Bonchev–Trinajstić information content (AvgIpc) is 2.98. The van der Waals surface area contributed by atoms with Crippen LogP contribution in [-0.2, 0) is 4.79 Å². The largest absolute Gasteiger partial charge is 0.481 e. The quantitative estimate of drug-likeness (QED) is 0.888. The summed E-state index contributed by atoms with van der Waals surface area (Å²) in [4.78, 5) is 13.4. The summed E-state index contributed by atoms with van der Waals surface area (Å²) in [6.07, 6.45) is 4.61. The summed E-state index contributed by atoms with van der Waals surface area (Å²) in [6, 6.07) is 8.83. The molecule has 3 rings (SSSR count). The van der Waals surface area contributed by atoms with Gasteiger partial charge in [-0.15, -0.1) is 0 Å². The molecule has 1 aromatic rings. The number of rotatable bonds is 3. The zero-order valence-electron chi connectivity index (χ0n) is 11.7. The molecule has 2 unspecified atom stereocenters. The van der Waals surface area contributed by atoms with E-state index in [1.54, 1.807) is 0 Å². The monoisotopic (exact) mass is 274 g/mol. The second-order valence-corrected chi connectivity index (χ2v) is 5.87. The van der Waals surface area contributed by atoms with Gasteiger partial charge in [0.25, 0.3) is 0 Å². The first-order chi connectivity index (χ1) is 9.74. The minimum Gasteiger partial charge on any atom is -0.481 e. The molecule has 2 atom stereocenters. The van der Waals surface area contributed by atoms with Crippen molar-refractivity contribution in [2.24, 2.45) is 5.92 Å². The normalized spacial score (nSPS) is 26.7. The summed E-state index contributed by atoms with van der Waals surface area (Å²) in [7, 11) is 0. The predicted molar refractivity (Wildman–Crippen MR) is 79.0 cm³/mol. The van der Waals surface area contributed by atoms with Gasteiger partial charge in [-0.05, 0) is 43.4 Å². The second kappa shape index (κ2) is 5.83. The van der Waals surface area contributed by atoms with Crippen molar-refractivity contribution < 1.29 is 9.90 Å². The van der Waals surface area contributed by atoms with E-state index in [1.807, 2.05) is 0 Å². The van der Waals surface area contributed by atoms with Crippen molar-refractivity contribution in [3.05, 3.63) is 29.8 Å². The molecule has 0 aromatic heterocycles. The van der Waals surface area contributed by atoms with E-state index >= 15 is 0 Å². The molecule has 0 amide bonds. The molecule has 4 heteroatoms. The molecular weight excluding hydrogens is 252 g/mol. The number of carboxylic acid groups (broad SMARTS) is 1. The topological polar surface area (TPSA) is 52.6 Å². The van der Waals surface area contributed by atoms with Crippen LogP contribution in [0, 0.1) is 5.92 Å². The minimum absolute atomic E-state index is 0.187. The van der Waals surface area contributed by atoms with Gasteiger partial charge in [0.2, 0.25) is 0 Å². The van der Waals surface area contributed by atoms with Gasteiger partial charge in [-0.3, -0.25) is 4.79 Å². The molecule has 0 bridgehead atoms. The molecule has 2 aliphatic rings. The molecule has 0 radical (unpaired) electrons. The molecule has 2 saturated heterocycles. The fraction of sp³-hybridized carbons (Fsp3) is 0.562. The minimum atomic E-state index is -0.690. The Morgan fingerprint density at radius 3 is 2.45 bits per heavy atom. The van der Waals surface area contributed by atoms with Gasteiger partial charge in [0.15, 0.2) is 0 Å². The van der Waals surface area contributed by atoms with Gasteiger partial charge in [0.1, 0.15) is 0 Å². The molecule has 2 heterocycles. The van der Waals surface area contributed by atoms with Gasteiger partial charge in [-0.25, -0.2) is 0 Å². The van der Waals surface area contributed by atoms with Gasteiger partial charge in [-0.2, -0.15) is 0 Å². The number of benzene rings is 1. The van der Waals surface area contributed by atoms with Crippen molar-refractivity contribution in [3.8, 4) is 0 Å². The Morgan fingerprint density at radius 2 is 1.85 bits per heavy atom. The number of hydrogen-bond donors (Lipinski definition) is 2. The van der Waals surface area contributed by atoms with Crippen LogP contribution < -0.4 is 10.2 Å². The van der Waals surface area contributed by atoms with E-state index in [0.717, 1.165) is 13.1 Å². The van der Waals surface area contributed by atoms with Crippen molar-refractivity contribution in [1.29, 1.82) is 0 Å². The maximum absolute atomic E-state index is 11.0. The molecule has 0 spiro atoms. The number of nitrogens with one attached hydrogen (secondary N) is 1. The first-order valence-corrected chi connectivity index (χ1v) is 7.55. The first kappa shape index (κ1) is 13.4. The third-order valence-electron chi connectivity index (χ3n) is 4.50. The standard InChI is InChI=1S/C16H22N2O2/c19-16(20)13-10-15(17-11-13)12-4-6-14(7-5-12)18-8-2-1-3-9-18/h4-7,13,15,17H,1-3,8-11H2,(H,19,20). The number of nitrogens with zero attached hydrogens (tertiary/aromatic N) is 1. The van der Waals surface area contributed by atoms with E-state index in [1.165, 1.54) is 30.5 Å². The number of carboxylic acids is 1. The lowest BCUT2D eigenvalue weighted by atomic mass is 9.99. The number of hydrogen-bond acceptors (Lipinski definition) is 3. The Morgan fingerprint density at radius 1 is 1.15 bits per heavy atom. The van der Waals surface area contributed by atoms with Crippen LogP contribution in [0.15, 0.2) is 24.3 Å². The highest BCUT2D eigenvalue weighted by Gasteiger charge is 2.30. The Balaban J connectivity index is 1.65. The van der Waals surface area contributed by atoms with Crippen molar-refractivity contribution in [2.45, 2.75) is 31.7 Å². The zero-order chi connectivity index (χ0) is 13.9. The summed E-state index contributed by atoms with van der Waals surface area (Å²) >= 11 is 0. The van der Waals surface area contributed by atoms with Crippen molar-refractivity contribution in [1.82, 2.24) is 5.32 Å². The van der Waals surface area contributed by atoms with E-state index in [-0.39, 0.29) is 12.0 Å². The van der Waals surface area contributed by atoms with Gasteiger partial charge < -0.3 is 15.3 Å². The first-order valence-electron chi connectivity index (χ1n) is 7.55. The van der Waals surface area contributed by atoms with Crippen LogP contribution in [0.5, 0.6) is 0 Å². The van der Waals surface area contributed by atoms with Gasteiger partial charge in [0.05, 0.1) is 5.92 Å². The Kier molecular flexibility index (Phi) is 3.92. The third-order valence-corrected chi connectivity index (χ3v) is 4.50. The fourth-order valence-electron chi connectivity index (χ4n) is 3.25. The van der Waals surface area contributed by atoms with Gasteiger partial charge >= 0.3 is 5.97 Å². The highest BCUT2D eigenvalue weighted by molar-refractivity contribution is 5.70. The highest BCUT2D eigenvalue weighted by Crippen LogP contribution is 2.29. The lowest BCUT2D eigenvalue weighted by Gasteiger charge is -2.29. The SMILES string of the molecule is O=C(O)C1CNC(c2ccc(N3CCCCC3)cc2)C1. The average molecular weight is 274 g/mol. The predicted octanol–water partition coefficient (Wildman–Crippen LogP) is 2.41. The van der Waals surface area contributed by atoms with Crippen LogP contribution in [0.4, 0.5) is 5.69 Å². The summed E-state index contributed by atoms with van der Waals surface area (Å²) < 4.78 is 0. The summed E-state index contributed by atoms with van der Waals surface area (Å²) in [5.41, 5.74) is 2.50. The number of anilines is 1. The van der Waals surface area contributed by atoms with Crippen molar-refractivity contribution in [2.75, 3.05) is 24.5 Å². The summed E-state index contributed by atoms with van der Waals surface area (Å²) in [5.74, 6) is -0.938. The molecule has 1 aromatic carbocycles. The number of piperidine rings is 1. The zero-order valence-corrected chi connectivity index (χ0v) is 11.7. The van der Waals surface area contributed by atoms with E-state index in [9.17, 15) is 4.79 Å². The maximum Gasteiger partial charge on any atom is 0.307 e. The molecular formula is C16H22N2O2. The van der Waals surface area contributed by atoms with Crippen LogP contribution in [0.25, 0.3) is 0 Å². The van der Waals surface area contributed by atoms with Crippen LogP contribution in [0.1, 0.15) is 37.3 Å². The number of aliphatic carboxylic acids is 1. The second-order valence-electron chi connectivity index (χ2n) is 5.87. The van der Waals surface area contributed by atoms with E-state index in [4.69, 9.17) is 5.11 Å².